The van der Waals surface area contributed by atoms with E-state index in [1.54, 1.807) is 6.20 Å². The van der Waals surface area contributed by atoms with Crippen molar-refractivity contribution in [1.29, 1.82) is 0 Å². The van der Waals surface area contributed by atoms with Crippen molar-refractivity contribution in [2.45, 2.75) is 37.3 Å². The number of rotatable bonds is 2. The highest BCUT2D eigenvalue weighted by Gasteiger charge is 2.68. The van der Waals surface area contributed by atoms with Crippen LogP contribution in [0.4, 0.5) is 5.82 Å². The van der Waals surface area contributed by atoms with Crippen LogP contribution in [0.5, 0.6) is 0 Å². The highest BCUT2D eigenvalue weighted by atomic mass is 35.5. The molecule has 5 rings (SSSR count). The molecule has 3 atom stereocenters. The smallest absolute Gasteiger partial charge is 0.130 e. The topological polar surface area (TPSA) is 28.2 Å². The summed E-state index contributed by atoms with van der Waals surface area (Å²) in [5.74, 6) is 1.74. The second-order valence-corrected chi connectivity index (χ2v) is 8.29. The number of piperidine rings is 1. The zero-order chi connectivity index (χ0) is 16.4. The number of halogens is 1. The summed E-state index contributed by atoms with van der Waals surface area (Å²) in [6, 6.07) is 12.9. The minimum Gasteiger partial charge on any atom is -0.363 e. The van der Waals surface area contributed by atoms with Gasteiger partial charge in [-0.3, -0.25) is 4.90 Å². The van der Waals surface area contributed by atoms with Crippen LogP contribution in [0.3, 0.4) is 0 Å². The standard InChI is InChI=1S/C20H22ClN3/c1-19-10-15-13-24(12-14-5-3-2-4-6-14)8-7-20(15,19)23-18-17(19)9-16(21)11-22-18/h2-6,9,11,15H,7-8,10,12-13H2,1H3,(H,22,23)/t15-,19-,20-/m1/s1. The largest absolute Gasteiger partial charge is 0.363 e. The SMILES string of the molecule is C[C@]12C[C@@H]3CN(Cc4ccccc4)CC[C@@]31Nc1ncc(Cl)cc12. The maximum Gasteiger partial charge on any atom is 0.130 e. The number of nitrogens with one attached hydrogen (secondary N) is 1. The molecule has 0 bridgehead atoms. The molecule has 2 aliphatic heterocycles. The maximum atomic E-state index is 6.21. The number of benzene rings is 1. The van der Waals surface area contributed by atoms with Crippen molar-refractivity contribution in [3.63, 3.8) is 0 Å². The second kappa shape index (κ2) is 4.96. The Balaban J connectivity index is 1.38. The highest BCUT2D eigenvalue weighted by molar-refractivity contribution is 6.30. The van der Waals surface area contributed by atoms with E-state index in [0.717, 1.165) is 23.9 Å². The summed E-state index contributed by atoms with van der Waals surface area (Å²) in [4.78, 5) is 7.17. The number of hydrogen-bond acceptors (Lipinski definition) is 3. The fraction of sp³-hybridized carbons (Fsp3) is 0.450. The minimum absolute atomic E-state index is 0.181. The van der Waals surface area contributed by atoms with E-state index in [-0.39, 0.29) is 11.0 Å². The molecule has 0 radical (unpaired) electrons. The first-order valence-electron chi connectivity index (χ1n) is 8.81. The molecular weight excluding hydrogens is 318 g/mol. The van der Waals surface area contributed by atoms with E-state index in [9.17, 15) is 0 Å². The third-order valence-electron chi connectivity index (χ3n) is 6.68. The van der Waals surface area contributed by atoms with E-state index in [2.05, 4.69) is 58.5 Å². The number of aromatic nitrogens is 1. The van der Waals surface area contributed by atoms with Crippen molar-refractivity contribution in [2.75, 3.05) is 18.4 Å². The minimum atomic E-state index is 0.181. The molecular formula is C20H22ClN3. The maximum absolute atomic E-state index is 6.21. The summed E-state index contributed by atoms with van der Waals surface area (Å²) in [7, 11) is 0. The monoisotopic (exact) mass is 339 g/mol. The summed E-state index contributed by atoms with van der Waals surface area (Å²) in [5.41, 5.74) is 3.10. The lowest BCUT2D eigenvalue weighted by atomic mass is 9.46. The molecule has 124 valence electrons. The van der Waals surface area contributed by atoms with Gasteiger partial charge in [0.2, 0.25) is 0 Å². The van der Waals surface area contributed by atoms with Gasteiger partial charge in [-0.1, -0.05) is 48.9 Å². The zero-order valence-corrected chi connectivity index (χ0v) is 14.7. The first kappa shape index (κ1) is 14.7. The van der Waals surface area contributed by atoms with Gasteiger partial charge >= 0.3 is 0 Å². The van der Waals surface area contributed by atoms with Crippen molar-refractivity contribution in [2.24, 2.45) is 5.92 Å². The average molecular weight is 340 g/mol. The third-order valence-corrected chi connectivity index (χ3v) is 6.88. The molecule has 1 aromatic heterocycles. The zero-order valence-electron chi connectivity index (χ0n) is 13.9. The van der Waals surface area contributed by atoms with Crippen LogP contribution >= 0.6 is 11.6 Å². The third kappa shape index (κ3) is 1.86. The van der Waals surface area contributed by atoms with Gasteiger partial charge in [0.05, 0.1) is 10.6 Å². The molecule has 0 unspecified atom stereocenters. The summed E-state index contributed by atoms with van der Waals surface area (Å²) >= 11 is 6.21. The molecule has 1 N–H and O–H groups in total. The lowest BCUT2D eigenvalue weighted by Crippen LogP contribution is -2.71. The van der Waals surface area contributed by atoms with Gasteiger partial charge in [-0.15, -0.1) is 0 Å². The fourth-order valence-corrected chi connectivity index (χ4v) is 5.57. The first-order chi connectivity index (χ1) is 11.6. The molecule has 3 aliphatic rings. The number of fused-ring (bicyclic) bond motifs is 2. The van der Waals surface area contributed by atoms with Gasteiger partial charge in [0, 0.05) is 36.8 Å². The first-order valence-corrected chi connectivity index (χ1v) is 9.19. The number of pyridine rings is 1. The average Bonchev–Trinajstić information content (AvgIpc) is 2.74. The normalized spacial score (nSPS) is 33.8. The van der Waals surface area contributed by atoms with Gasteiger partial charge in [-0.05, 0) is 30.4 Å². The Morgan fingerprint density at radius 1 is 1.33 bits per heavy atom. The van der Waals surface area contributed by atoms with Crippen molar-refractivity contribution in [3.8, 4) is 0 Å². The summed E-state index contributed by atoms with van der Waals surface area (Å²) in [6.07, 6.45) is 4.16. The Morgan fingerprint density at radius 3 is 2.96 bits per heavy atom. The van der Waals surface area contributed by atoms with Gasteiger partial charge in [0.15, 0.2) is 0 Å². The summed E-state index contributed by atoms with van der Waals surface area (Å²) < 4.78 is 0. The summed E-state index contributed by atoms with van der Waals surface area (Å²) in [5, 5.41) is 4.55. The van der Waals surface area contributed by atoms with E-state index in [0.29, 0.717) is 5.92 Å². The van der Waals surface area contributed by atoms with E-state index < -0.39 is 0 Å². The van der Waals surface area contributed by atoms with E-state index >= 15 is 0 Å². The van der Waals surface area contributed by atoms with E-state index in [1.165, 1.54) is 30.5 Å². The van der Waals surface area contributed by atoms with Crippen LogP contribution in [-0.4, -0.2) is 28.5 Å². The molecule has 3 heterocycles. The van der Waals surface area contributed by atoms with Gasteiger partial charge < -0.3 is 5.32 Å². The second-order valence-electron chi connectivity index (χ2n) is 7.85. The lowest BCUT2D eigenvalue weighted by Gasteiger charge is -2.63. The van der Waals surface area contributed by atoms with Crippen LogP contribution in [0.15, 0.2) is 42.6 Å². The number of nitrogens with zero attached hydrogens (tertiary/aromatic N) is 2. The molecule has 24 heavy (non-hydrogen) atoms. The van der Waals surface area contributed by atoms with Crippen molar-refractivity contribution < 1.29 is 0 Å². The van der Waals surface area contributed by atoms with Crippen molar-refractivity contribution >= 4 is 17.4 Å². The lowest BCUT2D eigenvalue weighted by molar-refractivity contribution is -0.0362. The van der Waals surface area contributed by atoms with Crippen LogP contribution in [-0.2, 0) is 12.0 Å². The molecule has 1 spiro atoms. The van der Waals surface area contributed by atoms with E-state index in [1.807, 2.05) is 0 Å². The number of likely N-dealkylation sites (tertiary alicyclic amines) is 1. The van der Waals surface area contributed by atoms with Gasteiger partial charge in [-0.2, -0.15) is 0 Å². The predicted molar refractivity (Wildman–Crippen MR) is 97.4 cm³/mol. The molecule has 1 saturated carbocycles. The molecule has 0 amide bonds. The molecule has 1 aromatic carbocycles. The highest BCUT2D eigenvalue weighted by Crippen LogP contribution is 2.65. The molecule has 1 saturated heterocycles. The number of hydrogen-bond donors (Lipinski definition) is 1. The van der Waals surface area contributed by atoms with Gasteiger partial charge in [-0.25, -0.2) is 4.98 Å². The van der Waals surface area contributed by atoms with Crippen LogP contribution in [0.25, 0.3) is 0 Å². The Hall–Kier alpha value is -1.58. The van der Waals surface area contributed by atoms with Crippen LogP contribution in [0, 0.1) is 5.92 Å². The summed E-state index contributed by atoms with van der Waals surface area (Å²) in [6.45, 7) is 5.75. The van der Waals surface area contributed by atoms with Crippen LogP contribution in [0.1, 0.15) is 30.9 Å². The van der Waals surface area contributed by atoms with Gasteiger partial charge in [0.25, 0.3) is 0 Å². The molecule has 2 aromatic rings. The van der Waals surface area contributed by atoms with Crippen LogP contribution < -0.4 is 5.32 Å². The molecule has 4 heteroatoms. The Labute approximate surface area is 148 Å². The molecule has 2 fully saturated rings. The van der Waals surface area contributed by atoms with Gasteiger partial charge in [0.1, 0.15) is 5.82 Å². The number of anilines is 1. The Bertz CT molecular complexity index is 793. The predicted octanol–water partition coefficient (Wildman–Crippen LogP) is 4.08. The Morgan fingerprint density at radius 2 is 2.17 bits per heavy atom. The van der Waals surface area contributed by atoms with Crippen molar-refractivity contribution in [3.05, 3.63) is 58.7 Å². The van der Waals surface area contributed by atoms with E-state index in [4.69, 9.17) is 11.6 Å². The fourth-order valence-electron chi connectivity index (χ4n) is 5.42. The van der Waals surface area contributed by atoms with Crippen LogP contribution in [0.2, 0.25) is 5.02 Å². The Kier molecular flexibility index (Phi) is 3.05. The molecule has 1 aliphatic carbocycles. The quantitative estimate of drug-likeness (QED) is 0.893. The molecule has 3 nitrogen and oxygen atoms in total. The van der Waals surface area contributed by atoms with Crippen molar-refractivity contribution in [1.82, 2.24) is 9.88 Å².